The van der Waals surface area contributed by atoms with Gasteiger partial charge in [-0.3, -0.25) is 10.1 Å². The number of nitro benzene ring substituents is 1. The van der Waals surface area contributed by atoms with Crippen LogP contribution in [0.5, 0.6) is 17.2 Å². The molecular formula is C10H9N3O5S. The maximum Gasteiger partial charge on any atom is 0.353 e. The van der Waals surface area contributed by atoms with Gasteiger partial charge in [0.1, 0.15) is 11.4 Å². The molecule has 0 aliphatic heterocycles. The van der Waals surface area contributed by atoms with Crippen LogP contribution in [-0.2, 0) is 0 Å². The normalized spacial score (nSPS) is 10.2. The number of nitrogens with zero attached hydrogens (tertiary/aromatic N) is 3. The Hall–Kier alpha value is -2.42. The molecule has 0 fully saturated rings. The molecule has 0 radical (unpaired) electrons. The van der Waals surface area contributed by atoms with E-state index in [1.54, 1.807) is 5.38 Å². The fourth-order valence-electron chi connectivity index (χ4n) is 1.63. The summed E-state index contributed by atoms with van der Waals surface area (Å²) in [4.78, 5) is 10.3. The minimum atomic E-state index is -0.725. The summed E-state index contributed by atoms with van der Waals surface area (Å²) in [5.74, 6) is -0.437. The van der Waals surface area contributed by atoms with Crippen LogP contribution in [0.3, 0.4) is 0 Å². The standard InChI is InChI=1S/C10H9N3O5S/c1-17-6-3-7(18-2)9(13(15)16)10(14)8(6)5-4-19-12-11-5/h3-4,14H,1-2H3. The molecular weight excluding hydrogens is 274 g/mol. The Morgan fingerprint density at radius 1 is 1.37 bits per heavy atom. The van der Waals surface area contributed by atoms with Crippen LogP contribution in [0.4, 0.5) is 5.69 Å². The molecule has 8 nitrogen and oxygen atoms in total. The molecule has 19 heavy (non-hydrogen) atoms. The molecule has 1 heterocycles. The Kier molecular flexibility index (Phi) is 3.47. The van der Waals surface area contributed by atoms with E-state index in [0.717, 1.165) is 11.5 Å². The SMILES string of the molecule is COc1cc(OC)c([N+](=O)[O-])c(O)c1-c1csnn1. The number of aromatic hydroxyl groups is 1. The van der Waals surface area contributed by atoms with Crippen LogP contribution in [0.2, 0.25) is 0 Å². The van der Waals surface area contributed by atoms with Gasteiger partial charge in [0.05, 0.1) is 24.7 Å². The first-order valence-corrected chi connectivity index (χ1v) is 5.83. The highest BCUT2D eigenvalue weighted by Gasteiger charge is 2.29. The van der Waals surface area contributed by atoms with E-state index in [-0.39, 0.29) is 17.1 Å². The van der Waals surface area contributed by atoms with Crippen LogP contribution in [0, 0.1) is 10.1 Å². The van der Waals surface area contributed by atoms with Crippen LogP contribution >= 0.6 is 11.5 Å². The number of phenols is 1. The second kappa shape index (κ2) is 5.06. The molecule has 0 unspecified atom stereocenters. The molecule has 0 saturated carbocycles. The van der Waals surface area contributed by atoms with Crippen molar-refractivity contribution in [3.8, 4) is 28.5 Å². The van der Waals surface area contributed by atoms with Crippen molar-refractivity contribution in [2.45, 2.75) is 0 Å². The third kappa shape index (κ3) is 2.15. The summed E-state index contributed by atoms with van der Waals surface area (Å²) in [5, 5.41) is 26.4. The summed E-state index contributed by atoms with van der Waals surface area (Å²) < 4.78 is 13.6. The van der Waals surface area contributed by atoms with Crippen molar-refractivity contribution in [3.05, 3.63) is 21.6 Å². The number of rotatable bonds is 4. The predicted octanol–water partition coefficient (Wildman–Crippen LogP) is 1.84. The molecule has 0 aliphatic rings. The Morgan fingerprint density at radius 2 is 2.05 bits per heavy atom. The predicted molar refractivity (Wildman–Crippen MR) is 66.8 cm³/mol. The second-order valence-corrected chi connectivity index (χ2v) is 4.01. The first-order chi connectivity index (χ1) is 9.10. The Bertz CT molecular complexity index is 614. The lowest BCUT2D eigenvalue weighted by atomic mass is 10.1. The Balaban J connectivity index is 2.79. The van der Waals surface area contributed by atoms with E-state index in [0.29, 0.717) is 5.69 Å². The van der Waals surface area contributed by atoms with E-state index in [9.17, 15) is 15.2 Å². The zero-order valence-electron chi connectivity index (χ0n) is 9.98. The van der Waals surface area contributed by atoms with Gasteiger partial charge < -0.3 is 14.6 Å². The average molecular weight is 283 g/mol. The molecule has 0 aliphatic carbocycles. The molecule has 2 aromatic rings. The van der Waals surface area contributed by atoms with Crippen LogP contribution in [-0.4, -0.2) is 33.8 Å². The summed E-state index contributed by atoms with van der Waals surface area (Å²) in [5.41, 5.74) is -0.125. The van der Waals surface area contributed by atoms with E-state index in [2.05, 4.69) is 9.59 Å². The quantitative estimate of drug-likeness (QED) is 0.673. The van der Waals surface area contributed by atoms with Crippen LogP contribution < -0.4 is 9.47 Å². The smallest absolute Gasteiger partial charge is 0.353 e. The van der Waals surface area contributed by atoms with Crippen molar-refractivity contribution in [2.75, 3.05) is 14.2 Å². The summed E-state index contributed by atoms with van der Waals surface area (Å²) in [6.07, 6.45) is 0. The van der Waals surface area contributed by atoms with Crippen molar-refractivity contribution < 1.29 is 19.5 Å². The van der Waals surface area contributed by atoms with Gasteiger partial charge in [0.2, 0.25) is 11.5 Å². The number of benzene rings is 1. The topological polar surface area (TPSA) is 108 Å². The van der Waals surface area contributed by atoms with Gasteiger partial charge >= 0.3 is 5.69 Å². The number of phenolic OH excluding ortho intramolecular Hbond substituents is 1. The third-order valence-corrected chi connectivity index (χ3v) is 2.95. The van der Waals surface area contributed by atoms with Gasteiger partial charge in [-0.15, -0.1) is 5.10 Å². The highest BCUT2D eigenvalue weighted by atomic mass is 32.1. The van der Waals surface area contributed by atoms with Crippen LogP contribution in [0.25, 0.3) is 11.3 Å². The van der Waals surface area contributed by atoms with Gasteiger partial charge in [-0.05, 0) is 11.5 Å². The summed E-state index contributed by atoms with van der Waals surface area (Å²) >= 11 is 1.06. The molecule has 0 saturated heterocycles. The molecule has 1 aromatic heterocycles. The first kappa shape index (κ1) is 13.0. The lowest BCUT2D eigenvalue weighted by molar-refractivity contribution is -0.386. The zero-order chi connectivity index (χ0) is 14.0. The molecule has 0 spiro atoms. The molecule has 0 amide bonds. The minimum Gasteiger partial charge on any atom is -0.501 e. The fourth-order valence-corrected chi connectivity index (χ4v) is 2.07. The fraction of sp³-hybridized carbons (Fsp3) is 0.200. The third-order valence-electron chi connectivity index (χ3n) is 2.44. The van der Waals surface area contributed by atoms with Crippen molar-refractivity contribution in [1.29, 1.82) is 0 Å². The van der Waals surface area contributed by atoms with Crippen molar-refractivity contribution in [1.82, 2.24) is 9.59 Å². The average Bonchev–Trinajstić information content (AvgIpc) is 2.90. The minimum absolute atomic E-state index is 0.0914. The van der Waals surface area contributed by atoms with Crippen LogP contribution in [0.15, 0.2) is 11.4 Å². The van der Waals surface area contributed by atoms with E-state index < -0.39 is 16.4 Å². The number of hydrogen-bond donors (Lipinski definition) is 1. The van der Waals surface area contributed by atoms with E-state index >= 15 is 0 Å². The molecule has 2 rings (SSSR count). The van der Waals surface area contributed by atoms with Gasteiger partial charge in [0.15, 0.2) is 0 Å². The largest absolute Gasteiger partial charge is 0.501 e. The van der Waals surface area contributed by atoms with E-state index in [1.165, 1.54) is 20.3 Å². The van der Waals surface area contributed by atoms with Gasteiger partial charge in [-0.2, -0.15) is 0 Å². The van der Waals surface area contributed by atoms with Gasteiger partial charge in [0, 0.05) is 11.4 Å². The van der Waals surface area contributed by atoms with Crippen molar-refractivity contribution >= 4 is 17.2 Å². The highest BCUT2D eigenvalue weighted by Crippen LogP contribution is 2.48. The Labute approximate surface area is 111 Å². The van der Waals surface area contributed by atoms with Crippen LogP contribution in [0.1, 0.15) is 0 Å². The monoisotopic (exact) mass is 283 g/mol. The summed E-state index contributed by atoms with van der Waals surface area (Å²) in [6, 6.07) is 1.33. The van der Waals surface area contributed by atoms with Gasteiger partial charge in [0.25, 0.3) is 0 Å². The highest BCUT2D eigenvalue weighted by molar-refractivity contribution is 7.03. The maximum absolute atomic E-state index is 11.0. The molecule has 9 heteroatoms. The number of hydrogen-bond acceptors (Lipinski definition) is 8. The lowest BCUT2D eigenvalue weighted by Gasteiger charge is -2.11. The summed E-state index contributed by atoms with van der Waals surface area (Å²) in [6.45, 7) is 0. The number of ether oxygens (including phenoxy) is 2. The Morgan fingerprint density at radius 3 is 2.53 bits per heavy atom. The number of nitro groups is 1. The first-order valence-electron chi connectivity index (χ1n) is 5.00. The van der Waals surface area contributed by atoms with Gasteiger partial charge in [-0.25, -0.2) is 0 Å². The van der Waals surface area contributed by atoms with Crippen molar-refractivity contribution in [3.63, 3.8) is 0 Å². The van der Waals surface area contributed by atoms with E-state index in [1.807, 2.05) is 0 Å². The number of methoxy groups -OCH3 is 2. The molecule has 0 atom stereocenters. The van der Waals surface area contributed by atoms with Crippen molar-refractivity contribution in [2.24, 2.45) is 0 Å². The van der Waals surface area contributed by atoms with E-state index in [4.69, 9.17) is 9.47 Å². The zero-order valence-corrected chi connectivity index (χ0v) is 10.8. The molecule has 1 N–H and O–H groups in total. The molecule has 1 aromatic carbocycles. The summed E-state index contributed by atoms with van der Waals surface area (Å²) in [7, 11) is 2.65. The lowest BCUT2D eigenvalue weighted by Crippen LogP contribution is -1.98. The maximum atomic E-state index is 11.0. The second-order valence-electron chi connectivity index (χ2n) is 3.40. The molecule has 100 valence electrons. The number of aromatic nitrogens is 2. The molecule has 0 bridgehead atoms. The van der Waals surface area contributed by atoms with Gasteiger partial charge in [-0.1, -0.05) is 4.49 Å².